The largest absolute Gasteiger partial charge is 0.338 e. The van der Waals surface area contributed by atoms with Crippen molar-refractivity contribution in [1.29, 1.82) is 0 Å². The summed E-state index contributed by atoms with van der Waals surface area (Å²) < 4.78 is 4.92. The number of amides is 1. The van der Waals surface area contributed by atoms with Crippen molar-refractivity contribution < 1.29 is 9.32 Å². The summed E-state index contributed by atoms with van der Waals surface area (Å²) in [5.41, 5.74) is 0.712. The number of aryl methyl sites for hydroxylation is 1. The van der Waals surface area contributed by atoms with Gasteiger partial charge in [0.15, 0.2) is 0 Å². The predicted molar refractivity (Wildman–Crippen MR) is 90.2 cm³/mol. The molecule has 0 saturated heterocycles. The summed E-state index contributed by atoms with van der Waals surface area (Å²) in [5, 5.41) is 15.7. The van der Waals surface area contributed by atoms with Gasteiger partial charge >= 0.3 is 0 Å². The molecule has 0 aliphatic heterocycles. The zero-order valence-corrected chi connectivity index (χ0v) is 13.8. The Kier molecular flexibility index (Phi) is 4.89. The number of nitrogens with one attached hydrogen (secondary N) is 2. The van der Waals surface area contributed by atoms with Crippen LogP contribution in [0.25, 0.3) is 12.2 Å². The molecule has 0 aliphatic carbocycles. The summed E-state index contributed by atoms with van der Waals surface area (Å²) in [5.74, 6) is 0.965. The molecule has 0 fully saturated rings. The Morgan fingerprint density at radius 3 is 3.17 bits per heavy atom. The van der Waals surface area contributed by atoms with Gasteiger partial charge in [-0.3, -0.25) is 15.2 Å². The van der Waals surface area contributed by atoms with Crippen LogP contribution in [0.5, 0.6) is 0 Å². The lowest BCUT2D eigenvalue weighted by Gasteiger charge is -1.97. The van der Waals surface area contributed by atoms with Crippen LogP contribution in [0.1, 0.15) is 16.4 Å². The lowest BCUT2D eigenvalue weighted by Crippen LogP contribution is -2.13. The first kappa shape index (κ1) is 15.5. The van der Waals surface area contributed by atoms with E-state index in [1.165, 1.54) is 11.8 Å². The Hall–Kier alpha value is -2.39. The Bertz CT molecular complexity index is 807. The van der Waals surface area contributed by atoms with Crippen LogP contribution in [0, 0.1) is 6.92 Å². The molecule has 0 bridgehead atoms. The summed E-state index contributed by atoms with van der Waals surface area (Å²) in [4.78, 5) is 17.2. The third kappa shape index (κ3) is 4.54. The summed E-state index contributed by atoms with van der Waals surface area (Å²) in [7, 11) is 0. The molecule has 23 heavy (non-hydrogen) atoms. The van der Waals surface area contributed by atoms with Crippen LogP contribution in [0.4, 0.5) is 5.88 Å². The van der Waals surface area contributed by atoms with Gasteiger partial charge in [-0.05, 0) is 30.5 Å². The smallest absolute Gasteiger partial charge is 0.237 e. The van der Waals surface area contributed by atoms with E-state index in [0.717, 1.165) is 4.88 Å². The van der Waals surface area contributed by atoms with E-state index in [0.29, 0.717) is 22.6 Å². The molecule has 3 aromatic heterocycles. The summed E-state index contributed by atoms with van der Waals surface area (Å²) in [6.45, 7) is 1.78. The highest BCUT2D eigenvalue weighted by molar-refractivity contribution is 7.99. The highest BCUT2D eigenvalue weighted by Crippen LogP contribution is 2.16. The molecule has 0 aromatic carbocycles. The molecule has 0 aliphatic rings. The molecular weight excluding hydrogens is 334 g/mol. The van der Waals surface area contributed by atoms with Crippen molar-refractivity contribution in [3.63, 3.8) is 0 Å². The van der Waals surface area contributed by atoms with Crippen LogP contribution in [0.2, 0.25) is 0 Å². The first-order valence-electron chi connectivity index (χ1n) is 6.69. The fourth-order valence-corrected chi connectivity index (χ4v) is 2.89. The van der Waals surface area contributed by atoms with Crippen LogP contribution in [0.15, 0.2) is 33.3 Å². The highest BCUT2D eigenvalue weighted by atomic mass is 32.2. The average Bonchev–Trinajstić information content (AvgIpc) is 3.25. The van der Waals surface area contributed by atoms with Gasteiger partial charge in [0.25, 0.3) is 0 Å². The van der Waals surface area contributed by atoms with Gasteiger partial charge in [-0.15, -0.1) is 16.4 Å². The number of carbonyl (C=O) groups excluding carboxylic acids is 1. The normalized spacial score (nSPS) is 11.2. The minimum absolute atomic E-state index is 0.186. The summed E-state index contributed by atoms with van der Waals surface area (Å²) in [6, 6.07) is 5.66. The second-order valence-corrected chi connectivity index (χ2v) is 6.44. The van der Waals surface area contributed by atoms with Gasteiger partial charge in [0.2, 0.25) is 16.9 Å². The second kappa shape index (κ2) is 7.25. The van der Waals surface area contributed by atoms with Gasteiger partial charge in [0, 0.05) is 10.9 Å². The number of H-pyrrole nitrogens is 1. The van der Waals surface area contributed by atoms with Gasteiger partial charge in [-0.2, -0.15) is 0 Å². The van der Waals surface area contributed by atoms with Gasteiger partial charge in [-0.25, -0.2) is 4.98 Å². The van der Waals surface area contributed by atoms with Crippen molar-refractivity contribution in [2.24, 2.45) is 0 Å². The zero-order valence-electron chi connectivity index (χ0n) is 12.1. The fourth-order valence-electron chi connectivity index (χ4n) is 1.67. The second-order valence-electron chi connectivity index (χ2n) is 4.52. The molecule has 0 unspecified atom stereocenters. The van der Waals surface area contributed by atoms with Crippen molar-refractivity contribution in [3.8, 4) is 0 Å². The van der Waals surface area contributed by atoms with Crippen molar-refractivity contribution >= 4 is 47.0 Å². The molecule has 3 heterocycles. The Morgan fingerprint density at radius 2 is 2.43 bits per heavy atom. The monoisotopic (exact) mass is 347 g/mol. The number of carbonyl (C=O) groups is 1. The van der Waals surface area contributed by atoms with E-state index >= 15 is 0 Å². The maximum Gasteiger partial charge on any atom is 0.237 e. The van der Waals surface area contributed by atoms with Crippen molar-refractivity contribution in [2.45, 2.75) is 12.1 Å². The molecule has 0 atom stereocenters. The number of nitrogens with zero attached hydrogens (tertiary/aromatic N) is 3. The molecule has 0 spiro atoms. The van der Waals surface area contributed by atoms with E-state index < -0.39 is 0 Å². The summed E-state index contributed by atoms with van der Waals surface area (Å²) in [6.07, 6.45) is 3.80. The number of rotatable bonds is 6. The lowest BCUT2D eigenvalue weighted by molar-refractivity contribution is -0.113. The van der Waals surface area contributed by atoms with E-state index in [2.05, 4.69) is 25.7 Å². The van der Waals surface area contributed by atoms with Crippen LogP contribution in [-0.4, -0.2) is 32.0 Å². The topological polar surface area (TPSA) is 96.7 Å². The Balaban J connectivity index is 1.50. The van der Waals surface area contributed by atoms with E-state index in [-0.39, 0.29) is 11.7 Å². The number of thiophene rings is 1. The van der Waals surface area contributed by atoms with E-state index in [9.17, 15) is 4.79 Å². The van der Waals surface area contributed by atoms with Gasteiger partial charge in [0.1, 0.15) is 5.82 Å². The van der Waals surface area contributed by atoms with Gasteiger partial charge < -0.3 is 4.52 Å². The van der Waals surface area contributed by atoms with Gasteiger partial charge in [-0.1, -0.05) is 23.0 Å². The zero-order chi connectivity index (χ0) is 16.1. The van der Waals surface area contributed by atoms with Crippen LogP contribution < -0.4 is 5.32 Å². The highest BCUT2D eigenvalue weighted by Gasteiger charge is 2.09. The number of hydrogen-bond donors (Lipinski definition) is 2. The Morgan fingerprint density at radius 1 is 1.52 bits per heavy atom. The lowest BCUT2D eigenvalue weighted by atomic mass is 10.4. The van der Waals surface area contributed by atoms with Crippen LogP contribution in [-0.2, 0) is 4.79 Å². The maximum absolute atomic E-state index is 11.8. The molecule has 2 N–H and O–H groups in total. The summed E-state index contributed by atoms with van der Waals surface area (Å²) >= 11 is 2.88. The molecule has 3 rings (SSSR count). The first-order chi connectivity index (χ1) is 11.2. The molecule has 3 aromatic rings. The molecular formula is C14H13N5O2S2. The van der Waals surface area contributed by atoms with Crippen LogP contribution >= 0.6 is 23.1 Å². The number of anilines is 1. The predicted octanol–water partition coefficient (Wildman–Crippen LogP) is 3.06. The van der Waals surface area contributed by atoms with E-state index in [1.54, 1.807) is 24.3 Å². The number of hydrogen-bond acceptors (Lipinski definition) is 7. The van der Waals surface area contributed by atoms with E-state index in [4.69, 9.17) is 4.52 Å². The molecule has 7 nitrogen and oxygen atoms in total. The standard InChI is InChI=1S/C14H13N5O2S2/c1-9-7-13(21-19-9)16-12(20)8-23-14-15-11(17-18-14)5-4-10-3-2-6-22-10/h2-7H,8H2,1H3,(H,16,20)(H,15,17,18)/b5-4+. The third-order valence-corrected chi connectivity index (χ3v) is 4.34. The number of aromatic amines is 1. The molecule has 9 heteroatoms. The number of thioether (sulfide) groups is 1. The molecule has 1 amide bonds. The van der Waals surface area contributed by atoms with E-state index in [1.807, 2.05) is 29.7 Å². The molecule has 0 radical (unpaired) electrons. The first-order valence-corrected chi connectivity index (χ1v) is 8.55. The Labute approximate surface area is 140 Å². The minimum atomic E-state index is -0.202. The number of aromatic nitrogens is 4. The quantitative estimate of drug-likeness (QED) is 0.665. The third-order valence-electron chi connectivity index (χ3n) is 2.65. The van der Waals surface area contributed by atoms with Crippen molar-refractivity contribution in [2.75, 3.05) is 11.1 Å². The van der Waals surface area contributed by atoms with Crippen molar-refractivity contribution in [1.82, 2.24) is 20.3 Å². The SMILES string of the molecule is Cc1cc(NC(=O)CSc2n[nH]c(/C=C/c3cccs3)n2)on1. The molecule has 118 valence electrons. The van der Waals surface area contributed by atoms with Gasteiger partial charge in [0.05, 0.1) is 11.4 Å². The van der Waals surface area contributed by atoms with Crippen LogP contribution in [0.3, 0.4) is 0 Å². The van der Waals surface area contributed by atoms with Crippen molar-refractivity contribution in [3.05, 3.63) is 40.0 Å². The molecule has 0 saturated carbocycles. The average molecular weight is 347 g/mol. The maximum atomic E-state index is 11.8. The fraction of sp³-hybridized carbons (Fsp3) is 0.143. The minimum Gasteiger partial charge on any atom is -0.338 e.